The van der Waals surface area contributed by atoms with Gasteiger partial charge in [-0.2, -0.15) is 0 Å². The molecular formula is C40H26N2. The summed E-state index contributed by atoms with van der Waals surface area (Å²) in [6.07, 6.45) is 4.01. The summed E-state index contributed by atoms with van der Waals surface area (Å²) in [6, 6.07) is 51.4. The van der Waals surface area contributed by atoms with E-state index in [-0.39, 0.29) is 0 Å². The van der Waals surface area contributed by atoms with Crippen LogP contribution in [0, 0.1) is 0 Å². The summed E-state index contributed by atoms with van der Waals surface area (Å²) in [4.78, 5) is 9.70. The van der Waals surface area contributed by atoms with E-state index in [9.17, 15) is 0 Å². The van der Waals surface area contributed by atoms with Gasteiger partial charge in [0.05, 0.1) is 11.4 Å². The van der Waals surface area contributed by atoms with E-state index in [0.29, 0.717) is 0 Å². The van der Waals surface area contributed by atoms with Gasteiger partial charge in [0.1, 0.15) is 0 Å². The van der Waals surface area contributed by atoms with Crippen LogP contribution in [0.1, 0.15) is 0 Å². The number of nitrogens with zero attached hydrogens (tertiary/aromatic N) is 2. The van der Waals surface area contributed by atoms with Crippen LogP contribution >= 0.6 is 0 Å². The Kier molecular flexibility index (Phi) is 5.82. The highest BCUT2D eigenvalue weighted by Gasteiger charge is 2.15. The van der Waals surface area contributed by atoms with Gasteiger partial charge < -0.3 is 0 Å². The number of fused-ring (bicyclic) bond motifs is 5. The molecular weight excluding hydrogens is 508 g/mol. The predicted molar refractivity (Wildman–Crippen MR) is 176 cm³/mol. The van der Waals surface area contributed by atoms with Crippen molar-refractivity contribution in [2.75, 3.05) is 0 Å². The lowest BCUT2D eigenvalue weighted by molar-refractivity contribution is 1.33. The predicted octanol–water partition coefficient (Wildman–Crippen LogP) is 10.6. The average Bonchev–Trinajstić information content (AvgIpc) is 3.08. The molecule has 42 heavy (non-hydrogen) atoms. The summed E-state index contributed by atoms with van der Waals surface area (Å²) in [6.45, 7) is 0. The fourth-order valence-electron chi connectivity index (χ4n) is 6.09. The van der Waals surface area contributed by atoms with Crippen LogP contribution in [0.2, 0.25) is 0 Å². The fourth-order valence-corrected chi connectivity index (χ4v) is 6.09. The Hall–Kier alpha value is -5.60. The Morgan fingerprint density at radius 2 is 0.667 bits per heavy atom. The van der Waals surface area contributed by atoms with Crippen molar-refractivity contribution in [3.63, 3.8) is 0 Å². The van der Waals surface area contributed by atoms with Gasteiger partial charge in [0, 0.05) is 34.6 Å². The molecule has 0 spiro atoms. The van der Waals surface area contributed by atoms with Gasteiger partial charge in [-0.3, -0.25) is 9.97 Å². The summed E-state index contributed by atoms with van der Waals surface area (Å²) in [7, 11) is 0. The Morgan fingerprint density at radius 3 is 1.05 bits per heavy atom. The summed E-state index contributed by atoms with van der Waals surface area (Å²) < 4.78 is 0. The van der Waals surface area contributed by atoms with E-state index in [0.717, 1.165) is 33.6 Å². The zero-order chi connectivity index (χ0) is 27.9. The van der Waals surface area contributed by atoms with E-state index in [1.54, 1.807) is 0 Å². The minimum atomic E-state index is 0.978. The van der Waals surface area contributed by atoms with Gasteiger partial charge in [-0.1, -0.05) is 121 Å². The second-order valence-corrected chi connectivity index (χ2v) is 10.6. The van der Waals surface area contributed by atoms with E-state index >= 15 is 0 Å². The molecule has 0 N–H and O–H groups in total. The van der Waals surface area contributed by atoms with Crippen LogP contribution in [0.5, 0.6) is 0 Å². The fraction of sp³-hybridized carbons (Fsp3) is 0. The van der Waals surface area contributed by atoms with Gasteiger partial charge >= 0.3 is 0 Å². The Bertz CT molecular complexity index is 2040. The third kappa shape index (κ3) is 4.13. The summed E-state index contributed by atoms with van der Waals surface area (Å²) >= 11 is 0. The minimum absolute atomic E-state index is 0.978. The van der Waals surface area contributed by atoms with Crippen LogP contribution in [-0.4, -0.2) is 9.97 Å². The standard InChI is InChI=1S/C40H26N2/c1-3-11-27(12-4-1)39-21-19-29(25-41-39)35-23-37-34-18-10-8-16-32(34)36(24-38(37)33-17-9-7-15-31(33)35)30-20-22-40(42-26-30)28-13-5-2-6-14-28/h1-26H. The zero-order valence-corrected chi connectivity index (χ0v) is 22.9. The Labute approximate surface area is 244 Å². The SMILES string of the molecule is c1ccc(-c2ccc(-c3cc4c5ccccc5c(-c5ccc(-c6ccccc6)nc5)cc4c4ccccc34)cn2)cc1. The molecule has 0 saturated carbocycles. The van der Waals surface area contributed by atoms with Gasteiger partial charge in [0.25, 0.3) is 0 Å². The van der Waals surface area contributed by atoms with E-state index in [1.165, 1.54) is 43.4 Å². The Balaban J connectivity index is 1.32. The average molecular weight is 535 g/mol. The van der Waals surface area contributed by atoms with Crippen LogP contribution in [0.3, 0.4) is 0 Å². The highest BCUT2D eigenvalue weighted by molar-refractivity contribution is 6.23. The second kappa shape index (κ2) is 10.1. The molecule has 0 aliphatic carbocycles. The third-order valence-electron chi connectivity index (χ3n) is 8.17. The lowest BCUT2D eigenvalue weighted by Crippen LogP contribution is -1.91. The van der Waals surface area contributed by atoms with Crippen molar-refractivity contribution in [3.05, 3.63) is 158 Å². The molecule has 0 aliphatic rings. The van der Waals surface area contributed by atoms with Crippen molar-refractivity contribution >= 4 is 32.3 Å². The van der Waals surface area contributed by atoms with Crippen molar-refractivity contribution in [1.29, 1.82) is 0 Å². The molecule has 2 heteroatoms. The summed E-state index contributed by atoms with van der Waals surface area (Å²) in [5, 5.41) is 7.39. The molecule has 8 rings (SSSR count). The molecule has 0 atom stereocenters. The van der Waals surface area contributed by atoms with Crippen molar-refractivity contribution in [3.8, 4) is 44.8 Å². The summed E-state index contributed by atoms with van der Waals surface area (Å²) in [5.74, 6) is 0. The largest absolute Gasteiger partial charge is 0.256 e. The molecule has 0 amide bonds. The zero-order valence-electron chi connectivity index (χ0n) is 22.9. The van der Waals surface area contributed by atoms with Crippen molar-refractivity contribution in [2.45, 2.75) is 0 Å². The lowest BCUT2D eigenvalue weighted by Gasteiger charge is -2.16. The molecule has 0 radical (unpaired) electrons. The highest BCUT2D eigenvalue weighted by Crippen LogP contribution is 2.41. The van der Waals surface area contributed by atoms with Crippen LogP contribution in [-0.2, 0) is 0 Å². The second-order valence-electron chi connectivity index (χ2n) is 10.6. The van der Waals surface area contributed by atoms with Crippen LogP contribution in [0.15, 0.2) is 158 Å². The topological polar surface area (TPSA) is 25.8 Å². The first-order valence-corrected chi connectivity index (χ1v) is 14.2. The quantitative estimate of drug-likeness (QED) is 0.210. The van der Waals surface area contributed by atoms with E-state index in [1.807, 2.05) is 24.5 Å². The molecule has 0 aliphatic heterocycles. The first kappa shape index (κ1) is 24.2. The maximum absolute atomic E-state index is 4.85. The molecule has 0 saturated heterocycles. The van der Waals surface area contributed by atoms with Crippen molar-refractivity contribution in [1.82, 2.24) is 9.97 Å². The van der Waals surface area contributed by atoms with Gasteiger partial charge in [-0.05, 0) is 67.7 Å². The van der Waals surface area contributed by atoms with E-state index < -0.39 is 0 Å². The van der Waals surface area contributed by atoms with Gasteiger partial charge in [0.15, 0.2) is 0 Å². The van der Waals surface area contributed by atoms with Gasteiger partial charge in [-0.15, -0.1) is 0 Å². The molecule has 8 aromatic rings. The monoisotopic (exact) mass is 534 g/mol. The van der Waals surface area contributed by atoms with Gasteiger partial charge in [0.2, 0.25) is 0 Å². The van der Waals surface area contributed by atoms with Crippen LogP contribution < -0.4 is 0 Å². The number of rotatable bonds is 4. The number of hydrogen-bond acceptors (Lipinski definition) is 2. The highest BCUT2D eigenvalue weighted by atomic mass is 14.7. The van der Waals surface area contributed by atoms with E-state index in [2.05, 4.69) is 133 Å². The lowest BCUT2D eigenvalue weighted by atomic mass is 9.88. The van der Waals surface area contributed by atoms with Crippen molar-refractivity contribution < 1.29 is 0 Å². The maximum Gasteiger partial charge on any atom is 0.0702 e. The number of aromatic nitrogens is 2. The van der Waals surface area contributed by atoms with Crippen LogP contribution in [0.25, 0.3) is 77.1 Å². The number of benzene rings is 6. The van der Waals surface area contributed by atoms with Gasteiger partial charge in [-0.25, -0.2) is 0 Å². The number of hydrogen-bond donors (Lipinski definition) is 0. The molecule has 2 nitrogen and oxygen atoms in total. The molecule has 6 aromatic carbocycles. The maximum atomic E-state index is 4.85. The molecule has 196 valence electrons. The third-order valence-corrected chi connectivity index (χ3v) is 8.17. The first-order valence-electron chi connectivity index (χ1n) is 14.2. The summed E-state index contributed by atoms with van der Waals surface area (Å²) in [5.41, 5.74) is 8.81. The van der Waals surface area contributed by atoms with E-state index in [4.69, 9.17) is 9.97 Å². The Morgan fingerprint density at radius 1 is 0.286 bits per heavy atom. The number of pyridine rings is 2. The minimum Gasteiger partial charge on any atom is -0.256 e. The van der Waals surface area contributed by atoms with Crippen LogP contribution in [0.4, 0.5) is 0 Å². The van der Waals surface area contributed by atoms with Crippen molar-refractivity contribution in [2.24, 2.45) is 0 Å². The smallest absolute Gasteiger partial charge is 0.0702 e. The first-order chi connectivity index (χ1) is 20.8. The molecule has 2 aromatic heterocycles. The molecule has 2 heterocycles. The molecule has 0 bridgehead atoms. The molecule has 0 fully saturated rings. The molecule has 0 unspecified atom stereocenters. The normalized spacial score (nSPS) is 11.3.